The van der Waals surface area contributed by atoms with E-state index in [0.29, 0.717) is 18.9 Å². The maximum absolute atomic E-state index is 12.8. The highest BCUT2D eigenvalue weighted by Crippen LogP contribution is 2.28. The van der Waals surface area contributed by atoms with Gasteiger partial charge in [-0.05, 0) is 57.6 Å². The van der Waals surface area contributed by atoms with Crippen LogP contribution in [0.25, 0.3) is 0 Å². The highest BCUT2D eigenvalue weighted by Gasteiger charge is 2.32. The molecule has 1 aromatic heterocycles. The fourth-order valence-electron chi connectivity index (χ4n) is 3.51. The second-order valence-electron chi connectivity index (χ2n) is 8.48. The summed E-state index contributed by atoms with van der Waals surface area (Å²) in [6, 6.07) is 3.50. The summed E-state index contributed by atoms with van der Waals surface area (Å²) in [4.78, 5) is 28.2. The first-order chi connectivity index (χ1) is 13.3. The number of hydrogen-bond acceptors (Lipinski definition) is 6. The van der Waals surface area contributed by atoms with Gasteiger partial charge in [-0.1, -0.05) is 25.3 Å². The molecule has 1 atom stereocenters. The van der Waals surface area contributed by atoms with Gasteiger partial charge in [0, 0.05) is 24.9 Å². The summed E-state index contributed by atoms with van der Waals surface area (Å²) in [6.45, 7) is 6.21. The Morgan fingerprint density at radius 3 is 2.54 bits per heavy atom. The Balaban J connectivity index is 1.95. The molecule has 0 aliphatic heterocycles. The normalized spacial score (nSPS) is 16.4. The molecular formula is C21H33N3O4. The zero-order chi connectivity index (χ0) is 20.6. The summed E-state index contributed by atoms with van der Waals surface area (Å²) >= 11 is 0. The topological polar surface area (TPSA) is 101 Å². The maximum Gasteiger partial charge on any atom is 0.323 e. The van der Waals surface area contributed by atoms with Crippen molar-refractivity contribution in [3.8, 4) is 0 Å². The lowest BCUT2D eigenvalue weighted by molar-refractivity contribution is -0.159. The average molecular weight is 392 g/mol. The number of hydroxylamine groups is 1. The molecule has 0 spiro atoms. The number of carbonyl (C=O) groups is 2. The third-order valence-corrected chi connectivity index (χ3v) is 4.93. The summed E-state index contributed by atoms with van der Waals surface area (Å²) in [5.74, 6) is -0.313. The fourth-order valence-corrected chi connectivity index (χ4v) is 3.51. The van der Waals surface area contributed by atoms with Gasteiger partial charge in [0.15, 0.2) is 0 Å². The molecule has 1 fully saturated rings. The van der Waals surface area contributed by atoms with Crippen LogP contribution in [-0.2, 0) is 27.3 Å². The number of amides is 1. The van der Waals surface area contributed by atoms with Crippen LogP contribution >= 0.6 is 0 Å². The van der Waals surface area contributed by atoms with Crippen molar-refractivity contribution in [1.82, 2.24) is 15.8 Å². The predicted molar refractivity (Wildman–Crippen MR) is 106 cm³/mol. The standard InChI is InChI=1S/C21H33N3O4/c1-21(2,3)28-20(26)19(16-7-5-4-6-8-16)23-14-15-9-10-17(22-13-15)11-12-18(25)24-27/h9-10,13,16,19,23,27H,4-8,11-12,14H2,1-3H3,(H,24,25)/t19-/m0/s1. The molecule has 156 valence electrons. The number of esters is 1. The van der Waals surface area contributed by atoms with E-state index in [9.17, 15) is 9.59 Å². The van der Waals surface area contributed by atoms with E-state index in [-0.39, 0.29) is 18.4 Å². The molecule has 7 nitrogen and oxygen atoms in total. The van der Waals surface area contributed by atoms with Crippen LogP contribution in [0.2, 0.25) is 0 Å². The van der Waals surface area contributed by atoms with Gasteiger partial charge >= 0.3 is 5.97 Å². The van der Waals surface area contributed by atoms with E-state index >= 15 is 0 Å². The molecule has 1 aromatic rings. The number of aryl methyl sites for hydroxylation is 1. The maximum atomic E-state index is 12.8. The summed E-state index contributed by atoms with van der Waals surface area (Å²) in [6.07, 6.45) is 8.03. The number of nitrogens with one attached hydrogen (secondary N) is 2. The van der Waals surface area contributed by atoms with E-state index in [4.69, 9.17) is 9.94 Å². The van der Waals surface area contributed by atoms with E-state index in [1.165, 1.54) is 6.42 Å². The third-order valence-electron chi connectivity index (χ3n) is 4.93. The van der Waals surface area contributed by atoms with Crippen molar-refractivity contribution < 1.29 is 19.5 Å². The minimum absolute atomic E-state index is 0.181. The highest BCUT2D eigenvalue weighted by atomic mass is 16.6. The molecule has 28 heavy (non-hydrogen) atoms. The van der Waals surface area contributed by atoms with Crippen LogP contribution in [-0.4, -0.2) is 33.7 Å². The van der Waals surface area contributed by atoms with Crippen LogP contribution in [0.3, 0.4) is 0 Å². The van der Waals surface area contributed by atoms with Crippen molar-refractivity contribution in [2.24, 2.45) is 5.92 Å². The fraction of sp³-hybridized carbons (Fsp3) is 0.667. The van der Waals surface area contributed by atoms with E-state index in [1.807, 2.05) is 32.9 Å². The Bertz CT molecular complexity index is 634. The predicted octanol–water partition coefficient (Wildman–Crippen LogP) is 2.90. The Morgan fingerprint density at radius 2 is 1.96 bits per heavy atom. The zero-order valence-electron chi connectivity index (χ0n) is 17.2. The second kappa shape index (κ2) is 10.5. The Hall–Kier alpha value is -1.99. The second-order valence-corrected chi connectivity index (χ2v) is 8.48. The molecule has 0 aromatic carbocycles. The van der Waals surface area contributed by atoms with Gasteiger partial charge in [0.2, 0.25) is 5.91 Å². The van der Waals surface area contributed by atoms with Gasteiger partial charge in [-0.3, -0.25) is 19.8 Å². The summed E-state index contributed by atoms with van der Waals surface area (Å²) in [5.41, 5.74) is 2.87. The average Bonchev–Trinajstić information content (AvgIpc) is 2.66. The van der Waals surface area contributed by atoms with Crippen molar-refractivity contribution >= 4 is 11.9 Å². The van der Waals surface area contributed by atoms with Crippen LogP contribution in [0, 0.1) is 5.92 Å². The lowest BCUT2D eigenvalue weighted by Crippen LogP contribution is -2.46. The Labute approximate surface area is 167 Å². The number of aromatic nitrogens is 1. The van der Waals surface area contributed by atoms with E-state index in [0.717, 1.165) is 36.9 Å². The highest BCUT2D eigenvalue weighted by molar-refractivity contribution is 5.76. The number of hydrogen-bond donors (Lipinski definition) is 3. The summed E-state index contributed by atoms with van der Waals surface area (Å²) in [7, 11) is 0. The van der Waals surface area contributed by atoms with E-state index in [2.05, 4.69) is 10.3 Å². The molecular weight excluding hydrogens is 358 g/mol. The van der Waals surface area contributed by atoms with Gasteiger partial charge < -0.3 is 10.1 Å². The molecule has 1 aliphatic rings. The number of rotatable bonds is 8. The van der Waals surface area contributed by atoms with Gasteiger partial charge in [0.25, 0.3) is 0 Å². The molecule has 7 heteroatoms. The van der Waals surface area contributed by atoms with Crippen molar-refractivity contribution in [1.29, 1.82) is 0 Å². The number of nitrogens with zero attached hydrogens (tertiary/aromatic N) is 1. The van der Waals surface area contributed by atoms with Crippen LogP contribution < -0.4 is 10.8 Å². The van der Waals surface area contributed by atoms with Crippen molar-refractivity contribution in [3.05, 3.63) is 29.6 Å². The molecule has 1 saturated carbocycles. The molecule has 3 N–H and O–H groups in total. The van der Waals surface area contributed by atoms with Gasteiger partial charge in [-0.2, -0.15) is 0 Å². The van der Waals surface area contributed by atoms with Crippen LogP contribution in [0.4, 0.5) is 0 Å². The molecule has 2 rings (SSSR count). The number of ether oxygens (including phenoxy) is 1. The van der Waals surface area contributed by atoms with Crippen molar-refractivity contribution in [2.45, 2.75) is 83.9 Å². The summed E-state index contributed by atoms with van der Waals surface area (Å²) in [5, 5.41) is 11.9. The first-order valence-electron chi connectivity index (χ1n) is 10.1. The monoisotopic (exact) mass is 391 g/mol. The SMILES string of the molecule is CC(C)(C)OC(=O)[C@@H](NCc1ccc(CCC(=O)NO)nc1)C1CCCCC1. The van der Waals surface area contributed by atoms with Crippen LogP contribution in [0.15, 0.2) is 18.3 Å². The first kappa shape index (κ1) is 22.3. The molecule has 0 unspecified atom stereocenters. The van der Waals surface area contributed by atoms with Crippen molar-refractivity contribution in [3.63, 3.8) is 0 Å². The number of pyridine rings is 1. The van der Waals surface area contributed by atoms with Crippen LogP contribution in [0.1, 0.15) is 70.6 Å². The van der Waals surface area contributed by atoms with Gasteiger partial charge in [-0.15, -0.1) is 0 Å². The molecule has 0 bridgehead atoms. The smallest absolute Gasteiger partial charge is 0.323 e. The minimum Gasteiger partial charge on any atom is -0.459 e. The summed E-state index contributed by atoms with van der Waals surface area (Å²) < 4.78 is 5.65. The Morgan fingerprint density at radius 1 is 1.25 bits per heavy atom. The molecule has 0 saturated heterocycles. The number of carbonyl (C=O) groups excluding carboxylic acids is 2. The third kappa shape index (κ3) is 7.56. The quantitative estimate of drug-likeness (QED) is 0.358. The first-order valence-corrected chi connectivity index (χ1v) is 10.1. The van der Waals surface area contributed by atoms with E-state index < -0.39 is 11.5 Å². The van der Waals surface area contributed by atoms with Crippen LogP contribution in [0.5, 0.6) is 0 Å². The molecule has 1 aliphatic carbocycles. The lowest BCUT2D eigenvalue weighted by atomic mass is 9.83. The van der Waals surface area contributed by atoms with Gasteiger partial charge in [0.1, 0.15) is 11.6 Å². The molecule has 0 radical (unpaired) electrons. The molecule has 1 amide bonds. The lowest BCUT2D eigenvalue weighted by Gasteiger charge is -2.32. The zero-order valence-corrected chi connectivity index (χ0v) is 17.2. The van der Waals surface area contributed by atoms with Crippen molar-refractivity contribution in [2.75, 3.05) is 0 Å². The largest absolute Gasteiger partial charge is 0.459 e. The Kier molecular flexibility index (Phi) is 8.38. The van der Waals surface area contributed by atoms with Gasteiger partial charge in [0.05, 0.1) is 0 Å². The van der Waals surface area contributed by atoms with Gasteiger partial charge in [-0.25, -0.2) is 5.48 Å². The van der Waals surface area contributed by atoms with E-state index in [1.54, 1.807) is 11.7 Å². The minimum atomic E-state index is -0.504. The molecule has 1 heterocycles.